The summed E-state index contributed by atoms with van der Waals surface area (Å²) in [4.78, 5) is 24.7. The molecule has 1 unspecified atom stereocenters. The van der Waals surface area contributed by atoms with Gasteiger partial charge in [-0.1, -0.05) is 350 Å². The molecule has 0 aliphatic rings. The number of ether oxygens (including phenoxy) is 2. The topological polar surface area (TPSA) is 72.8 Å². The Labute approximate surface area is 556 Å². The van der Waals surface area contributed by atoms with Crippen LogP contribution in [0.2, 0.25) is 0 Å². The number of carbonyl (C=O) groups is 2. The highest BCUT2D eigenvalue weighted by Gasteiger charge is 2.16. The molecule has 0 heterocycles. The summed E-state index contributed by atoms with van der Waals surface area (Å²) in [7, 11) is 0. The fourth-order valence-corrected chi connectivity index (χ4v) is 9.94. The normalized spacial score (nSPS) is 13.4. The van der Waals surface area contributed by atoms with Crippen LogP contribution in [0.25, 0.3) is 0 Å². The van der Waals surface area contributed by atoms with Crippen molar-refractivity contribution in [3.8, 4) is 0 Å². The van der Waals surface area contributed by atoms with Gasteiger partial charge in [0.1, 0.15) is 6.61 Å². The maximum atomic E-state index is 12.4. The van der Waals surface area contributed by atoms with E-state index in [-0.39, 0.29) is 25.2 Å². The summed E-state index contributed by atoms with van der Waals surface area (Å²) in [6, 6.07) is 0. The zero-order valence-corrected chi connectivity index (χ0v) is 58.1. The Balaban J connectivity index is 3.56. The molecular weight excluding hydrogens is 1100 g/mol. The van der Waals surface area contributed by atoms with Gasteiger partial charge in [-0.25, -0.2) is 0 Å². The van der Waals surface area contributed by atoms with Crippen LogP contribution >= 0.6 is 0 Å². The number of hydrogen-bond acceptors (Lipinski definition) is 5. The third-order valence-corrected chi connectivity index (χ3v) is 15.4. The molecule has 0 aliphatic carbocycles. The van der Waals surface area contributed by atoms with E-state index in [1.54, 1.807) is 0 Å². The van der Waals surface area contributed by atoms with Crippen molar-refractivity contribution in [3.63, 3.8) is 0 Å². The minimum atomic E-state index is -0.792. The molecular formula is C85H136O5. The van der Waals surface area contributed by atoms with Crippen molar-refractivity contribution in [2.75, 3.05) is 13.2 Å². The van der Waals surface area contributed by atoms with E-state index in [2.05, 4.69) is 208 Å². The lowest BCUT2D eigenvalue weighted by Gasteiger charge is -2.15. The Bertz CT molecular complexity index is 2040. The molecule has 0 amide bonds. The van der Waals surface area contributed by atoms with E-state index < -0.39 is 6.10 Å². The molecule has 0 rings (SSSR count). The molecule has 1 N–H and O–H groups in total. The Morgan fingerprint density at radius 1 is 0.256 bits per heavy atom. The van der Waals surface area contributed by atoms with E-state index in [0.29, 0.717) is 12.8 Å². The van der Waals surface area contributed by atoms with Gasteiger partial charge in [0, 0.05) is 12.8 Å². The van der Waals surface area contributed by atoms with Crippen LogP contribution in [0.3, 0.4) is 0 Å². The first kappa shape index (κ1) is 84.7. The summed E-state index contributed by atoms with van der Waals surface area (Å²) in [6.45, 7) is 3.91. The minimum Gasteiger partial charge on any atom is -0.462 e. The maximum Gasteiger partial charge on any atom is 0.306 e. The number of aliphatic hydroxyl groups is 1. The van der Waals surface area contributed by atoms with Gasteiger partial charge in [-0.3, -0.25) is 9.59 Å². The van der Waals surface area contributed by atoms with Gasteiger partial charge in [0.25, 0.3) is 0 Å². The van der Waals surface area contributed by atoms with Gasteiger partial charge < -0.3 is 14.6 Å². The molecule has 0 spiro atoms. The van der Waals surface area contributed by atoms with Gasteiger partial charge in [0.15, 0.2) is 6.10 Å². The number of hydrogen-bond donors (Lipinski definition) is 1. The number of carbonyl (C=O) groups excluding carboxylic acids is 2. The Hall–Kier alpha value is -5.26. The van der Waals surface area contributed by atoms with Crippen LogP contribution in [0.5, 0.6) is 0 Å². The molecule has 0 aromatic heterocycles. The van der Waals surface area contributed by atoms with Crippen LogP contribution in [-0.2, 0) is 19.1 Å². The quantitative estimate of drug-likeness (QED) is 0.0373. The predicted molar refractivity (Wildman–Crippen MR) is 398 cm³/mol. The average Bonchev–Trinajstić information content (AvgIpc) is 3.60. The number of allylic oxidation sites excluding steroid dienone is 32. The van der Waals surface area contributed by atoms with Gasteiger partial charge in [-0.05, 0) is 141 Å². The van der Waals surface area contributed by atoms with Crippen molar-refractivity contribution in [3.05, 3.63) is 194 Å². The maximum absolute atomic E-state index is 12.4. The number of aliphatic hydroxyl groups excluding tert-OH is 1. The summed E-state index contributed by atoms with van der Waals surface area (Å²) < 4.78 is 10.8. The molecule has 0 saturated heterocycles. The fraction of sp³-hybridized carbons (Fsp3) is 0.600. The largest absolute Gasteiger partial charge is 0.462 e. The van der Waals surface area contributed by atoms with E-state index in [1.807, 2.05) is 0 Å². The first-order chi connectivity index (χ1) is 44.6. The van der Waals surface area contributed by atoms with Crippen LogP contribution in [0, 0.1) is 0 Å². The van der Waals surface area contributed by atoms with Crippen molar-refractivity contribution in [1.82, 2.24) is 0 Å². The summed E-state index contributed by atoms with van der Waals surface area (Å²) >= 11 is 0. The Morgan fingerprint density at radius 3 is 0.667 bits per heavy atom. The molecule has 506 valence electrons. The van der Waals surface area contributed by atoms with Crippen LogP contribution in [0.15, 0.2) is 194 Å². The van der Waals surface area contributed by atoms with Gasteiger partial charge in [-0.15, -0.1) is 0 Å². The molecule has 0 aromatic rings. The number of rotatable bonds is 66. The lowest BCUT2D eigenvalue weighted by molar-refractivity contribution is -0.161. The summed E-state index contributed by atoms with van der Waals surface area (Å²) in [5, 5.41) is 9.72. The lowest BCUT2D eigenvalue weighted by Crippen LogP contribution is -2.28. The van der Waals surface area contributed by atoms with Crippen molar-refractivity contribution in [2.45, 2.75) is 315 Å². The standard InChI is InChI=1S/C85H136O5/c1-3-5-7-9-11-13-15-17-19-21-23-25-27-29-31-33-35-37-39-40-41-42-43-44-46-48-50-52-54-56-58-60-62-64-66-68-70-72-74-76-78-80-85(88)90-83(81-86)82-89-84(87)79-77-75-73-71-69-67-65-63-61-59-57-55-53-51-49-47-45-38-36-34-32-30-28-26-24-22-20-18-16-14-12-10-8-6-4-2/h5-8,11-14,17-20,23-26,29-32,35,37,40-41,43-44,48,50,54,56,60,62,83,86H,3-4,9-10,15-16,21-22,27-28,33-34,36,38-39,42,45-47,49,51-53,55,57-59,61,63-82H2,1-2H3/b7-5-,8-6-,13-11-,14-12-,19-17-,20-18-,25-23-,26-24-,31-29-,32-30-,37-35-,41-40-,44-43-,50-48-,56-54-,62-60-. The molecule has 1 atom stereocenters. The molecule has 5 heteroatoms. The molecule has 0 radical (unpaired) electrons. The number of unbranched alkanes of at least 4 members (excludes halogenated alkanes) is 26. The van der Waals surface area contributed by atoms with E-state index in [0.717, 1.165) is 148 Å². The molecule has 0 saturated carbocycles. The fourth-order valence-electron chi connectivity index (χ4n) is 9.94. The van der Waals surface area contributed by atoms with Crippen LogP contribution < -0.4 is 0 Å². The van der Waals surface area contributed by atoms with Crippen molar-refractivity contribution in [2.24, 2.45) is 0 Å². The molecule has 90 heavy (non-hydrogen) atoms. The van der Waals surface area contributed by atoms with Gasteiger partial charge >= 0.3 is 11.9 Å². The van der Waals surface area contributed by atoms with Crippen LogP contribution in [0.4, 0.5) is 0 Å². The third-order valence-electron chi connectivity index (χ3n) is 15.4. The first-order valence-corrected chi connectivity index (χ1v) is 37.0. The predicted octanol–water partition coefficient (Wildman–Crippen LogP) is 26.3. The van der Waals surface area contributed by atoms with Gasteiger partial charge in [0.2, 0.25) is 0 Å². The second-order valence-corrected chi connectivity index (χ2v) is 23.9. The zero-order valence-electron chi connectivity index (χ0n) is 58.1. The van der Waals surface area contributed by atoms with E-state index in [1.165, 1.54) is 135 Å². The van der Waals surface area contributed by atoms with Gasteiger partial charge in [0.05, 0.1) is 6.61 Å². The SMILES string of the molecule is CC/C=C\C/C=C\C/C=C\C/C=C\C/C=C\C/C=C\C/C=C\C/C=C\C/C=C\C/C=C\C/C=C\CCCCCCCCCC(=O)OC(CO)COC(=O)CCCCCCCCCCCCCCCCCCCCC/C=C\C/C=C\C/C=C\C/C=C\C/C=C\CC. The smallest absolute Gasteiger partial charge is 0.306 e. The molecule has 0 bridgehead atoms. The lowest BCUT2D eigenvalue weighted by atomic mass is 10.0. The molecule has 0 aliphatic heterocycles. The third kappa shape index (κ3) is 75.2. The average molecular weight is 1240 g/mol. The van der Waals surface area contributed by atoms with E-state index >= 15 is 0 Å². The van der Waals surface area contributed by atoms with Gasteiger partial charge in [-0.2, -0.15) is 0 Å². The second kappa shape index (κ2) is 78.0. The summed E-state index contributed by atoms with van der Waals surface area (Å²) in [5.41, 5.74) is 0. The van der Waals surface area contributed by atoms with Crippen molar-refractivity contribution in [1.29, 1.82) is 0 Å². The summed E-state index contributed by atoms with van der Waals surface area (Å²) in [5.74, 6) is -0.606. The first-order valence-electron chi connectivity index (χ1n) is 37.0. The molecule has 0 fully saturated rings. The highest BCUT2D eigenvalue weighted by Crippen LogP contribution is 2.17. The highest BCUT2D eigenvalue weighted by molar-refractivity contribution is 5.70. The zero-order chi connectivity index (χ0) is 64.7. The van der Waals surface area contributed by atoms with E-state index in [4.69, 9.17) is 9.47 Å². The minimum absolute atomic E-state index is 0.0787. The number of esters is 2. The van der Waals surface area contributed by atoms with Crippen LogP contribution in [-0.4, -0.2) is 36.4 Å². The Kier molecular flexibility index (Phi) is 73.4. The molecule has 5 nitrogen and oxygen atoms in total. The monoisotopic (exact) mass is 1240 g/mol. The van der Waals surface area contributed by atoms with Crippen LogP contribution in [0.1, 0.15) is 309 Å². The van der Waals surface area contributed by atoms with Crippen molar-refractivity contribution >= 4 is 11.9 Å². The molecule has 0 aromatic carbocycles. The van der Waals surface area contributed by atoms with E-state index in [9.17, 15) is 14.7 Å². The Morgan fingerprint density at radius 2 is 0.444 bits per heavy atom. The summed E-state index contributed by atoms with van der Waals surface area (Å²) in [6.07, 6.45) is 123. The van der Waals surface area contributed by atoms with Crippen molar-refractivity contribution < 1.29 is 24.2 Å². The highest BCUT2D eigenvalue weighted by atomic mass is 16.6. The second-order valence-electron chi connectivity index (χ2n) is 23.9.